The van der Waals surface area contributed by atoms with Crippen LogP contribution >= 0.6 is 0 Å². The monoisotopic (exact) mass is 771 g/mol. The van der Waals surface area contributed by atoms with Crippen molar-refractivity contribution in [2.24, 2.45) is 0 Å². The third kappa shape index (κ3) is 4.06. The predicted molar refractivity (Wildman–Crippen MR) is 251 cm³/mol. The second-order valence-electron chi connectivity index (χ2n) is 17.1. The van der Waals surface area contributed by atoms with E-state index in [2.05, 4.69) is 229 Å². The van der Waals surface area contributed by atoms with E-state index < -0.39 is 10.8 Å². The van der Waals surface area contributed by atoms with Crippen molar-refractivity contribution in [1.29, 1.82) is 0 Å². The maximum atomic E-state index is 2.52. The zero-order valence-electron chi connectivity index (χ0n) is 33.3. The molecule has 4 aliphatic rings. The first-order valence-electron chi connectivity index (χ1n) is 21.4. The van der Waals surface area contributed by atoms with E-state index in [1.54, 1.807) is 0 Å². The van der Waals surface area contributed by atoms with Gasteiger partial charge in [0, 0.05) is 17.1 Å². The average Bonchev–Trinajstić information content (AvgIpc) is 4.00. The van der Waals surface area contributed by atoms with Gasteiger partial charge in [0.05, 0.1) is 10.8 Å². The Labute approximate surface area is 355 Å². The molecule has 0 aromatic heterocycles. The van der Waals surface area contributed by atoms with Crippen LogP contribution in [0.3, 0.4) is 0 Å². The lowest BCUT2D eigenvalue weighted by Crippen LogP contribution is -2.26. The summed E-state index contributed by atoms with van der Waals surface area (Å²) in [5.74, 6) is 0. The summed E-state index contributed by atoms with van der Waals surface area (Å²) in [6.07, 6.45) is 0. The number of hydrogen-bond acceptors (Lipinski definition) is 1. The molecule has 10 aromatic rings. The molecule has 0 saturated carbocycles. The molecule has 0 fully saturated rings. The van der Waals surface area contributed by atoms with Crippen molar-refractivity contribution in [2.45, 2.75) is 10.8 Å². The van der Waals surface area contributed by atoms with Gasteiger partial charge in [0.2, 0.25) is 0 Å². The molecule has 1 unspecified atom stereocenters. The first-order chi connectivity index (χ1) is 30.3. The van der Waals surface area contributed by atoms with E-state index in [1.165, 1.54) is 99.8 Å². The normalized spacial score (nSPS) is 16.1. The number of benzene rings is 10. The number of rotatable bonds is 3. The lowest BCUT2D eigenvalue weighted by atomic mass is 9.70. The van der Waals surface area contributed by atoms with Gasteiger partial charge in [-0.3, -0.25) is 0 Å². The van der Waals surface area contributed by atoms with Gasteiger partial charge >= 0.3 is 0 Å². The number of para-hydroxylation sites is 1. The zero-order chi connectivity index (χ0) is 39.9. The molecular weight excluding hydrogens is 735 g/mol. The third-order valence-corrected chi connectivity index (χ3v) is 14.5. The van der Waals surface area contributed by atoms with Gasteiger partial charge in [-0.25, -0.2) is 0 Å². The Morgan fingerprint density at radius 3 is 1.00 bits per heavy atom. The van der Waals surface area contributed by atoms with Gasteiger partial charge in [-0.15, -0.1) is 0 Å². The first kappa shape index (κ1) is 33.1. The molecule has 10 aromatic carbocycles. The lowest BCUT2D eigenvalue weighted by molar-refractivity contribution is 0.793. The van der Waals surface area contributed by atoms with Crippen LogP contribution in [0.4, 0.5) is 17.1 Å². The Bertz CT molecular complexity index is 3440. The largest absolute Gasteiger partial charge is 0.310 e. The summed E-state index contributed by atoms with van der Waals surface area (Å²) in [6.45, 7) is 0. The van der Waals surface area contributed by atoms with Crippen molar-refractivity contribution in [3.63, 3.8) is 0 Å². The summed E-state index contributed by atoms with van der Waals surface area (Å²) in [6, 6.07) is 84.7. The van der Waals surface area contributed by atoms with Crippen LogP contribution in [0.15, 0.2) is 224 Å². The van der Waals surface area contributed by atoms with E-state index >= 15 is 0 Å². The Morgan fingerprint density at radius 1 is 0.213 bits per heavy atom. The first-order valence-corrected chi connectivity index (χ1v) is 21.4. The molecule has 1 heteroatoms. The van der Waals surface area contributed by atoms with Crippen LogP contribution in [0.2, 0.25) is 0 Å². The molecule has 1 nitrogen and oxygen atoms in total. The Kier molecular flexibility index (Phi) is 6.48. The maximum Gasteiger partial charge on any atom is 0.0726 e. The van der Waals surface area contributed by atoms with E-state index in [0.717, 1.165) is 17.1 Å². The van der Waals surface area contributed by atoms with Gasteiger partial charge in [0.15, 0.2) is 0 Å². The standard InChI is InChI=1S/C60H37N/c1-2-18-40(19-3-1)61(41-30-32-48-45-22-8-13-27-53(45)59(57(48)36-41)51-25-11-6-20-43(51)44-21-7-12-26-52(44)59)42-31-33-49-46-23-9-14-28-54(46)60(58(49)37-42)55-29-15-10-24-47(55)50-34-38-16-4-5-17-39(38)35-56(50)60/h1-37H. The summed E-state index contributed by atoms with van der Waals surface area (Å²) < 4.78 is 0. The molecule has 0 radical (unpaired) electrons. The highest BCUT2D eigenvalue weighted by Gasteiger charge is 2.53. The third-order valence-electron chi connectivity index (χ3n) is 14.5. The predicted octanol–water partition coefficient (Wildman–Crippen LogP) is 15.0. The minimum atomic E-state index is -0.471. The van der Waals surface area contributed by atoms with Crippen LogP contribution < -0.4 is 4.90 Å². The van der Waals surface area contributed by atoms with Crippen molar-refractivity contribution < 1.29 is 0 Å². The van der Waals surface area contributed by atoms with Crippen molar-refractivity contribution >= 4 is 27.8 Å². The van der Waals surface area contributed by atoms with Gasteiger partial charge in [-0.1, -0.05) is 176 Å². The summed E-state index contributed by atoms with van der Waals surface area (Å²) in [7, 11) is 0. The topological polar surface area (TPSA) is 3.24 Å². The fourth-order valence-corrected chi connectivity index (χ4v) is 12.2. The highest BCUT2D eigenvalue weighted by atomic mass is 15.1. The maximum absolute atomic E-state index is 2.52. The molecule has 61 heavy (non-hydrogen) atoms. The fraction of sp³-hybridized carbons (Fsp3) is 0.0333. The van der Waals surface area contributed by atoms with Crippen LogP contribution in [0.25, 0.3) is 55.3 Å². The van der Waals surface area contributed by atoms with Gasteiger partial charge < -0.3 is 4.90 Å². The summed E-state index contributed by atoms with van der Waals surface area (Å²) in [5, 5.41) is 2.54. The van der Waals surface area contributed by atoms with Gasteiger partial charge in [-0.05, 0) is 148 Å². The Morgan fingerprint density at radius 2 is 0.541 bits per heavy atom. The minimum Gasteiger partial charge on any atom is -0.310 e. The molecule has 14 rings (SSSR count). The number of fused-ring (bicyclic) bond motifs is 21. The summed E-state index contributed by atoms with van der Waals surface area (Å²) in [4.78, 5) is 2.49. The molecule has 0 heterocycles. The molecule has 0 N–H and O–H groups in total. The number of nitrogens with zero attached hydrogens (tertiary/aromatic N) is 1. The highest BCUT2D eigenvalue weighted by Crippen LogP contribution is 2.65. The van der Waals surface area contributed by atoms with E-state index in [0.29, 0.717) is 0 Å². The van der Waals surface area contributed by atoms with Crippen LogP contribution in [0, 0.1) is 0 Å². The summed E-state index contributed by atoms with van der Waals surface area (Å²) in [5.41, 5.74) is 23.8. The Balaban J connectivity index is 1.04. The molecule has 0 saturated heterocycles. The summed E-state index contributed by atoms with van der Waals surface area (Å²) >= 11 is 0. The lowest BCUT2D eigenvalue weighted by Gasteiger charge is -2.33. The Hall–Kier alpha value is -7.74. The van der Waals surface area contributed by atoms with Crippen LogP contribution in [0.5, 0.6) is 0 Å². The molecule has 0 aliphatic heterocycles. The molecule has 0 bridgehead atoms. The van der Waals surface area contributed by atoms with Crippen molar-refractivity contribution in [3.8, 4) is 44.5 Å². The van der Waals surface area contributed by atoms with E-state index in [4.69, 9.17) is 0 Å². The van der Waals surface area contributed by atoms with Gasteiger partial charge in [0.1, 0.15) is 0 Å². The van der Waals surface area contributed by atoms with E-state index in [9.17, 15) is 0 Å². The SMILES string of the molecule is c1ccc(N(c2ccc3c(c2)C2(c4ccccc4-c4ccccc42)c2ccccc2-3)c2ccc3c(c2)C2(c4ccccc4-3)c3ccccc3-c3cc4ccccc4cc32)cc1. The average molecular weight is 772 g/mol. The second kappa shape index (κ2) is 11.9. The molecule has 1 atom stereocenters. The van der Waals surface area contributed by atoms with Crippen LogP contribution in [-0.2, 0) is 10.8 Å². The molecule has 4 aliphatic carbocycles. The van der Waals surface area contributed by atoms with Crippen molar-refractivity contribution in [3.05, 3.63) is 269 Å². The van der Waals surface area contributed by atoms with Gasteiger partial charge in [-0.2, -0.15) is 0 Å². The number of anilines is 3. The molecular formula is C60H37N. The molecule has 2 spiro atoms. The smallest absolute Gasteiger partial charge is 0.0726 e. The minimum absolute atomic E-state index is 0.429. The zero-order valence-corrected chi connectivity index (χ0v) is 33.3. The number of hydrogen-bond donors (Lipinski definition) is 0. The van der Waals surface area contributed by atoms with Crippen LogP contribution in [0.1, 0.15) is 44.5 Å². The van der Waals surface area contributed by atoms with E-state index in [1.807, 2.05) is 0 Å². The van der Waals surface area contributed by atoms with Crippen LogP contribution in [-0.4, -0.2) is 0 Å². The second-order valence-corrected chi connectivity index (χ2v) is 17.1. The van der Waals surface area contributed by atoms with Gasteiger partial charge in [0.25, 0.3) is 0 Å². The molecule has 0 amide bonds. The van der Waals surface area contributed by atoms with Crippen molar-refractivity contribution in [2.75, 3.05) is 4.90 Å². The fourth-order valence-electron chi connectivity index (χ4n) is 12.2. The van der Waals surface area contributed by atoms with Crippen molar-refractivity contribution in [1.82, 2.24) is 0 Å². The quantitative estimate of drug-likeness (QED) is 0.173. The highest BCUT2D eigenvalue weighted by molar-refractivity contribution is 6.01. The molecule has 282 valence electrons. The van der Waals surface area contributed by atoms with E-state index in [-0.39, 0.29) is 0 Å².